The minimum absolute atomic E-state index is 0.0228. The third-order valence-corrected chi connectivity index (χ3v) is 8.12. The van der Waals surface area contributed by atoms with E-state index in [1.807, 2.05) is 41.3 Å². The van der Waals surface area contributed by atoms with Crippen molar-refractivity contribution in [2.24, 2.45) is 11.8 Å². The van der Waals surface area contributed by atoms with E-state index in [-0.39, 0.29) is 29.7 Å². The molecule has 3 aliphatic rings. The van der Waals surface area contributed by atoms with Gasteiger partial charge in [-0.05, 0) is 62.9 Å². The van der Waals surface area contributed by atoms with E-state index in [1.165, 1.54) is 18.4 Å². The third kappa shape index (κ3) is 4.94. The monoisotopic (exact) mass is 475 g/mol. The third-order valence-electron chi connectivity index (χ3n) is 8.12. The first-order valence-electron chi connectivity index (χ1n) is 13.2. The Hall–Kier alpha value is -2.86. The van der Waals surface area contributed by atoms with Crippen LogP contribution in [-0.2, 0) is 16.0 Å². The number of nitrogens with one attached hydrogen (secondary N) is 1. The van der Waals surface area contributed by atoms with Crippen LogP contribution in [0.2, 0.25) is 0 Å². The van der Waals surface area contributed by atoms with Crippen molar-refractivity contribution in [1.82, 2.24) is 10.2 Å². The maximum absolute atomic E-state index is 13.7. The smallest absolute Gasteiger partial charge is 0.230 e. The van der Waals surface area contributed by atoms with Crippen LogP contribution in [0.4, 0.5) is 5.69 Å². The molecule has 0 radical (unpaired) electrons. The highest BCUT2D eigenvalue weighted by atomic mass is 16.5. The Morgan fingerprint density at radius 1 is 0.943 bits per heavy atom. The molecule has 186 valence electrons. The number of benzene rings is 2. The van der Waals surface area contributed by atoms with Gasteiger partial charge in [-0.1, -0.05) is 49.2 Å². The summed E-state index contributed by atoms with van der Waals surface area (Å²) in [6.07, 6.45) is 6.82. The van der Waals surface area contributed by atoms with Crippen molar-refractivity contribution in [2.75, 3.05) is 38.2 Å². The number of anilines is 1. The lowest BCUT2D eigenvalue weighted by Gasteiger charge is -2.34. The van der Waals surface area contributed by atoms with Gasteiger partial charge in [-0.25, -0.2) is 0 Å². The van der Waals surface area contributed by atoms with Crippen molar-refractivity contribution in [3.05, 3.63) is 59.7 Å². The predicted octanol–water partition coefficient (Wildman–Crippen LogP) is 4.34. The quantitative estimate of drug-likeness (QED) is 0.647. The van der Waals surface area contributed by atoms with Crippen LogP contribution in [-0.4, -0.2) is 50.0 Å². The second-order valence-corrected chi connectivity index (χ2v) is 10.1. The van der Waals surface area contributed by atoms with Crippen LogP contribution in [0, 0.1) is 11.8 Å². The first kappa shape index (κ1) is 23.9. The summed E-state index contributed by atoms with van der Waals surface area (Å²) in [5.74, 6) is 0.495. The van der Waals surface area contributed by atoms with Gasteiger partial charge in [0.2, 0.25) is 11.8 Å². The molecule has 3 unspecified atom stereocenters. The summed E-state index contributed by atoms with van der Waals surface area (Å²) < 4.78 is 5.65. The van der Waals surface area contributed by atoms with Gasteiger partial charge in [0, 0.05) is 30.3 Å². The van der Waals surface area contributed by atoms with Crippen LogP contribution >= 0.6 is 0 Å². The fraction of sp³-hybridized carbons (Fsp3) is 0.517. The van der Waals surface area contributed by atoms with Gasteiger partial charge in [-0.3, -0.25) is 14.5 Å². The van der Waals surface area contributed by atoms with E-state index < -0.39 is 0 Å². The van der Waals surface area contributed by atoms with E-state index in [2.05, 4.69) is 22.3 Å². The van der Waals surface area contributed by atoms with Gasteiger partial charge < -0.3 is 15.0 Å². The highest BCUT2D eigenvalue weighted by Crippen LogP contribution is 2.36. The van der Waals surface area contributed by atoms with Gasteiger partial charge in [0.05, 0.1) is 19.1 Å². The molecular weight excluding hydrogens is 438 g/mol. The highest BCUT2D eigenvalue weighted by Gasteiger charge is 2.40. The highest BCUT2D eigenvalue weighted by molar-refractivity contribution is 5.99. The summed E-state index contributed by atoms with van der Waals surface area (Å²) in [5.41, 5.74) is 3.36. The number of amides is 2. The Kier molecular flexibility index (Phi) is 7.37. The van der Waals surface area contributed by atoms with Gasteiger partial charge in [-0.2, -0.15) is 0 Å². The van der Waals surface area contributed by atoms with Crippen LogP contribution in [0.25, 0.3) is 0 Å². The van der Waals surface area contributed by atoms with E-state index in [1.54, 1.807) is 7.11 Å². The Balaban J connectivity index is 1.30. The molecular formula is C29H37N3O3. The minimum Gasteiger partial charge on any atom is -0.496 e. The minimum atomic E-state index is -0.263. The molecule has 6 heteroatoms. The first-order chi connectivity index (χ1) is 17.2. The Labute approximate surface area is 208 Å². The number of fused-ring (bicyclic) bond motifs is 1. The topological polar surface area (TPSA) is 61.9 Å². The number of rotatable bonds is 7. The van der Waals surface area contributed by atoms with Crippen molar-refractivity contribution in [3.63, 3.8) is 0 Å². The summed E-state index contributed by atoms with van der Waals surface area (Å²) in [4.78, 5) is 31.6. The molecule has 0 bridgehead atoms. The van der Waals surface area contributed by atoms with Crippen LogP contribution < -0.4 is 15.0 Å². The Morgan fingerprint density at radius 3 is 2.46 bits per heavy atom. The van der Waals surface area contributed by atoms with Gasteiger partial charge in [-0.15, -0.1) is 0 Å². The van der Waals surface area contributed by atoms with E-state index in [4.69, 9.17) is 4.74 Å². The molecule has 2 aliphatic heterocycles. The molecule has 2 aromatic carbocycles. The Morgan fingerprint density at radius 2 is 1.66 bits per heavy atom. The lowest BCUT2D eigenvalue weighted by atomic mass is 9.77. The zero-order chi connectivity index (χ0) is 24.2. The largest absolute Gasteiger partial charge is 0.496 e. The summed E-state index contributed by atoms with van der Waals surface area (Å²) in [6.45, 7) is 3.30. The molecule has 1 aliphatic carbocycles. The fourth-order valence-electron chi connectivity index (χ4n) is 6.27. The lowest BCUT2D eigenvalue weighted by Crippen LogP contribution is -2.46. The number of ether oxygens (including phenoxy) is 1. The first-order valence-corrected chi connectivity index (χ1v) is 13.2. The average Bonchev–Trinajstić information content (AvgIpc) is 3.59. The summed E-state index contributed by atoms with van der Waals surface area (Å²) >= 11 is 0. The number of para-hydroxylation sites is 2. The lowest BCUT2D eigenvalue weighted by molar-refractivity contribution is -0.135. The second kappa shape index (κ2) is 10.8. The van der Waals surface area contributed by atoms with Crippen molar-refractivity contribution >= 4 is 17.5 Å². The summed E-state index contributed by atoms with van der Waals surface area (Å²) in [6, 6.07) is 16.3. The molecule has 0 spiro atoms. The second-order valence-electron chi connectivity index (χ2n) is 10.1. The van der Waals surface area contributed by atoms with Crippen LogP contribution in [0.3, 0.4) is 0 Å². The van der Waals surface area contributed by atoms with Gasteiger partial charge in [0.15, 0.2) is 0 Å². The molecule has 6 nitrogen and oxygen atoms in total. The molecule has 1 N–H and O–H groups in total. The molecule has 2 fully saturated rings. The molecule has 1 saturated heterocycles. The standard InChI is InChI=1S/C29H37N3O3/c1-35-27-15-7-5-13-24(27)26(31-17-8-9-18-31)20-30-28(33)22-11-3-4-12-23(22)29(34)32-19-16-21-10-2-6-14-25(21)32/h2,5-7,10,13-15,22-23,26H,3-4,8-9,11-12,16-20H2,1H3,(H,30,33). The molecule has 3 atom stereocenters. The van der Waals surface area contributed by atoms with E-state index in [0.717, 1.165) is 62.2 Å². The molecule has 2 heterocycles. The number of hydrogen-bond donors (Lipinski definition) is 1. The van der Waals surface area contributed by atoms with Crippen molar-refractivity contribution < 1.29 is 14.3 Å². The van der Waals surface area contributed by atoms with E-state index in [9.17, 15) is 9.59 Å². The molecule has 2 amide bonds. The van der Waals surface area contributed by atoms with Gasteiger partial charge in [0.25, 0.3) is 0 Å². The van der Waals surface area contributed by atoms with Crippen molar-refractivity contribution in [3.8, 4) is 5.75 Å². The number of carbonyl (C=O) groups is 2. The fourth-order valence-corrected chi connectivity index (χ4v) is 6.27. The number of likely N-dealkylation sites (tertiary alicyclic amines) is 1. The normalized spacial score (nSPS) is 23.1. The molecule has 1 saturated carbocycles. The molecule has 35 heavy (non-hydrogen) atoms. The molecule has 0 aromatic heterocycles. The summed E-state index contributed by atoms with van der Waals surface area (Å²) in [5, 5.41) is 3.27. The van der Waals surface area contributed by atoms with E-state index >= 15 is 0 Å². The zero-order valence-corrected chi connectivity index (χ0v) is 20.7. The SMILES string of the molecule is COc1ccccc1C(CNC(=O)C1CCCCC1C(=O)N1CCc2ccccc21)N1CCCC1. The van der Waals surface area contributed by atoms with Crippen LogP contribution in [0.1, 0.15) is 55.7 Å². The maximum atomic E-state index is 13.7. The van der Waals surface area contributed by atoms with Gasteiger partial charge in [0.1, 0.15) is 5.75 Å². The number of hydrogen-bond acceptors (Lipinski definition) is 4. The average molecular weight is 476 g/mol. The van der Waals surface area contributed by atoms with Crippen LogP contribution in [0.5, 0.6) is 5.75 Å². The van der Waals surface area contributed by atoms with Crippen molar-refractivity contribution in [1.29, 1.82) is 0 Å². The van der Waals surface area contributed by atoms with Crippen molar-refractivity contribution in [2.45, 2.75) is 51.0 Å². The van der Waals surface area contributed by atoms with Crippen LogP contribution in [0.15, 0.2) is 48.5 Å². The van der Waals surface area contributed by atoms with E-state index in [0.29, 0.717) is 13.1 Å². The molecule has 2 aromatic rings. The molecule has 5 rings (SSSR count). The maximum Gasteiger partial charge on any atom is 0.230 e. The number of methoxy groups -OCH3 is 1. The zero-order valence-electron chi connectivity index (χ0n) is 20.7. The number of carbonyl (C=O) groups excluding carboxylic acids is 2. The number of nitrogens with zero attached hydrogens (tertiary/aromatic N) is 2. The van der Waals surface area contributed by atoms with Gasteiger partial charge >= 0.3 is 0 Å². The summed E-state index contributed by atoms with van der Waals surface area (Å²) in [7, 11) is 1.70. The Bertz CT molecular complexity index is 1050. The predicted molar refractivity (Wildman–Crippen MR) is 137 cm³/mol.